The van der Waals surface area contributed by atoms with Crippen molar-refractivity contribution in [3.05, 3.63) is 35.9 Å². The molecule has 1 aliphatic heterocycles. The molecule has 124 valence electrons. The molecule has 1 saturated heterocycles. The minimum Gasteiger partial charge on any atom is -0.444 e. The Labute approximate surface area is 134 Å². The fourth-order valence-electron chi connectivity index (χ4n) is 2.34. The summed E-state index contributed by atoms with van der Waals surface area (Å²) in [7, 11) is 1.53. The Bertz CT molecular complexity index is 561. The highest BCUT2D eigenvalue weighted by atomic mass is 16.6. The van der Waals surface area contributed by atoms with Gasteiger partial charge < -0.3 is 14.8 Å². The van der Waals surface area contributed by atoms with E-state index in [-0.39, 0.29) is 18.9 Å². The van der Waals surface area contributed by atoms with E-state index in [2.05, 4.69) is 5.32 Å². The lowest BCUT2D eigenvalue weighted by atomic mass is 10.2. The molecule has 0 radical (unpaired) electrons. The van der Waals surface area contributed by atoms with Crippen molar-refractivity contribution in [1.29, 1.82) is 0 Å². The Morgan fingerprint density at radius 1 is 1.30 bits per heavy atom. The number of amides is 3. The van der Waals surface area contributed by atoms with Gasteiger partial charge in [-0.1, -0.05) is 30.3 Å². The number of imide groups is 1. The summed E-state index contributed by atoms with van der Waals surface area (Å²) in [5, 5.41) is 2.64. The van der Waals surface area contributed by atoms with Crippen molar-refractivity contribution in [2.75, 3.05) is 20.3 Å². The quantitative estimate of drug-likeness (QED) is 0.793. The second kappa shape index (κ2) is 8.28. The van der Waals surface area contributed by atoms with Gasteiger partial charge in [0.2, 0.25) is 11.8 Å². The lowest BCUT2D eigenvalue weighted by Crippen LogP contribution is -2.48. The molecule has 1 aliphatic rings. The Hall–Kier alpha value is -2.41. The van der Waals surface area contributed by atoms with Crippen LogP contribution in [0, 0.1) is 0 Å². The first-order valence-electron chi connectivity index (χ1n) is 7.43. The Kier molecular flexibility index (Phi) is 6.10. The van der Waals surface area contributed by atoms with Gasteiger partial charge in [0, 0.05) is 20.1 Å². The fraction of sp³-hybridized carbons (Fsp3) is 0.438. The Morgan fingerprint density at radius 2 is 2.04 bits per heavy atom. The zero-order valence-electron chi connectivity index (χ0n) is 13.0. The van der Waals surface area contributed by atoms with E-state index in [4.69, 9.17) is 9.47 Å². The standard InChI is InChI=1S/C16H20N2O5/c1-22-10-9-17-15(20)13-7-8-14(19)18(13)16(21)23-11-12-5-3-2-4-6-12/h2-6,13H,7-11H2,1H3,(H,17,20)/t13-/m0/s1. The molecule has 7 nitrogen and oxygen atoms in total. The van der Waals surface area contributed by atoms with E-state index in [1.54, 1.807) is 0 Å². The summed E-state index contributed by atoms with van der Waals surface area (Å²) in [6, 6.07) is 8.33. The van der Waals surface area contributed by atoms with Crippen LogP contribution in [0.25, 0.3) is 0 Å². The molecule has 0 unspecified atom stereocenters. The van der Waals surface area contributed by atoms with Gasteiger partial charge in [0.15, 0.2) is 0 Å². The molecule has 0 saturated carbocycles. The average molecular weight is 320 g/mol. The minimum atomic E-state index is -0.817. The van der Waals surface area contributed by atoms with Crippen molar-refractivity contribution >= 4 is 17.9 Å². The molecule has 1 aromatic rings. The molecule has 1 atom stereocenters. The van der Waals surface area contributed by atoms with Gasteiger partial charge in [0.1, 0.15) is 12.6 Å². The second-order valence-electron chi connectivity index (χ2n) is 5.14. The highest BCUT2D eigenvalue weighted by Crippen LogP contribution is 2.20. The van der Waals surface area contributed by atoms with Crippen LogP contribution in [-0.4, -0.2) is 49.1 Å². The van der Waals surface area contributed by atoms with Gasteiger partial charge in [-0.3, -0.25) is 9.59 Å². The zero-order chi connectivity index (χ0) is 16.7. The number of hydrogen-bond donors (Lipinski definition) is 1. The maximum atomic E-state index is 12.2. The van der Waals surface area contributed by atoms with Gasteiger partial charge in [-0.2, -0.15) is 0 Å². The summed E-state index contributed by atoms with van der Waals surface area (Å²) in [6.45, 7) is 0.749. The van der Waals surface area contributed by atoms with Crippen molar-refractivity contribution in [2.45, 2.75) is 25.5 Å². The summed E-state index contributed by atoms with van der Waals surface area (Å²) >= 11 is 0. The van der Waals surface area contributed by atoms with Gasteiger partial charge >= 0.3 is 6.09 Å². The van der Waals surface area contributed by atoms with Crippen molar-refractivity contribution in [3.8, 4) is 0 Å². The van der Waals surface area contributed by atoms with Crippen LogP contribution in [0.3, 0.4) is 0 Å². The van der Waals surface area contributed by atoms with Crippen LogP contribution in [0.1, 0.15) is 18.4 Å². The monoisotopic (exact) mass is 320 g/mol. The SMILES string of the molecule is COCCNC(=O)[C@@H]1CCC(=O)N1C(=O)OCc1ccccc1. The van der Waals surface area contributed by atoms with Crippen molar-refractivity contribution in [1.82, 2.24) is 10.2 Å². The number of rotatable bonds is 6. The maximum absolute atomic E-state index is 12.2. The van der Waals surface area contributed by atoms with E-state index in [1.807, 2.05) is 30.3 Å². The number of benzene rings is 1. The van der Waals surface area contributed by atoms with Crippen LogP contribution >= 0.6 is 0 Å². The molecule has 3 amide bonds. The van der Waals surface area contributed by atoms with E-state index < -0.39 is 18.0 Å². The first kappa shape index (κ1) is 17.0. The van der Waals surface area contributed by atoms with Crippen LogP contribution in [0.15, 0.2) is 30.3 Å². The van der Waals surface area contributed by atoms with Gasteiger partial charge in [0.25, 0.3) is 0 Å². The van der Waals surface area contributed by atoms with Gasteiger partial charge in [-0.15, -0.1) is 0 Å². The first-order chi connectivity index (χ1) is 11.1. The molecular formula is C16H20N2O5. The number of nitrogens with zero attached hydrogens (tertiary/aromatic N) is 1. The van der Waals surface area contributed by atoms with Crippen LogP contribution in [0.2, 0.25) is 0 Å². The number of ether oxygens (including phenoxy) is 2. The van der Waals surface area contributed by atoms with Crippen molar-refractivity contribution < 1.29 is 23.9 Å². The zero-order valence-corrected chi connectivity index (χ0v) is 13.0. The van der Waals surface area contributed by atoms with E-state index in [0.717, 1.165) is 10.5 Å². The number of likely N-dealkylation sites (tertiary alicyclic amines) is 1. The topological polar surface area (TPSA) is 84.9 Å². The summed E-state index contributed by atoms with van der Waals surface area (Å²) in [5.74, 6) is -0.764. The third kappa shape index (κ3) is 4.53. The molecule has 1 N–H and O–H groups in total. The third-order valence-corrected chi connectivity index (χ3v) is 3.52. The molecule has 7 heteroatoms. The molecular weight excluding hydrogens is 300 g/mol. The highest BCUT2D eigenvalue weighted by Gasteiger charge is 2.41. The lowest BCUT2D eigenvalue weighted by Gasteiger charge is -2.21. The highest BCUT2D eigenvalue weighted by molar-refractivity contribution is 6.00. The average Bonchev–Trinajstić information content (AvgIpc) is 2.95. The van der Waals surface area contributed by atoms with E-state index in [0.29, 0.717) is 19.6 Å². The van der Waals surface area contributed by atoms with Crippen LogP contribution in [0.5, 0.6) is 0 Å². The Morgan fingerprint density at radius 3 is 2.74 bits per heavy atom. The molecule has 0 aromatic heterocycles. The number of carbonyl (C=O) groups excluding carboxylic acids is 3. The molecule has 1 fully saturated rings. The molecule has 1 heterocycles. The molecule has 23 heavy (non-hydrogen) atoms. The number of nitrogens with one attached hydrogen (secondary N) is 1. The Balaban J connectivity index is 1.93. The minimum absolute atomic E-state index is 0.0570. The lowest BCUT2D eigenvalue weighted by molar-refractivity contribution is -0.133. The number of carbonyl (C=O) groups is 3. The van der Waals surface area contributed by atoms with Crippen LogP contribution in [-0.2, 0) is 25.7 Å². The summed E-state index contributed by atoms with van der Waals surface area (Å²) < 4.78 is 10.0. The van der Waals surface area contributed by atoms with E-state index in [9.17, 15) is 14.4 Å². The molecule has 1 aromatic carbocycles. The van der Waals surface area contributed by atoms with Crippen molar-refractivity contribution in [2.24, 2.45) is 0 Å². The largest absolute Gasteiger partial charge is 0.444 e. The molecule has 0 bridgehead atoms. The van der Waals surface area contributed by atoms with Gasteiger partial charge in [-0.05, 0) is 12.0 Å². The van der Waals surface area contributed by atoms with Gasteiger partial charge in [0.05, 0.1) is 6.61 Å². The fourth-order valence-corrected chi connectivity index (χ4v) is 2.34. The normalized spacial score (nSPS) is 17.2. The first-order valence-corrected chi connectivity index (χ1v) is 7.43. The molecule has 2 rings (SSSR count). The third-order valence-electron chi connectivity index (χ3n) is 3.52. The summed E-state index contributed by atoms with van der Waals surface area (Å²) in [4.78, 5) is 37.0. The number of methoxy groups -OCH3 is 1. The van der Waals surface area contributed by atoms with Crippen molar-refractivity contribution in [3.63, 3.8) is 0 Å². The second-order valence-corrected chi connectivity index (χ2v) is 5.14. The smallest absolute Gasteiger partial charge is 0.417 e. The maximum Gasteiger partial charge on any atom is 0.417 e. The molecule has 0 aliphatic carbocycles. The van der Waals surface area contributed by atoms with Crippen LogP contribution in [0.4, 0.5) is 4.79 Å². The van der Waals surface area contributed by atoms with E-state index in [1.165, 1.54) is 7.11 Å². The number of hydrogen-bond acceptors (Lipinski definition) is 5. The van der Waals surface area contributed by atoms with E-state index >= 15 is 0 Å². The molecule has 0 spiro atoms. The summed E-state index contributed by atoms with van der Waals surface area (Å²) in [6.07, 6.45) is -0.329. The predicted molar refractivity (Wildman–Crippen MR) is 81.4 cm³/mol. The summed E-state index contributed by atoms with van der Waals surface area (Å²) in [5.41, 5.74) is 0.814. The van der Waals surface area contributed by atoms with Gasteiger partial charge in [-0.25, -0.2) is 9.69 Å². The van der Waals surface area contributed by atoms with Crippen LogP contribution < -0.4 is 5.32 Å². The predicted octanol–water partition coefficient (Wildman–Crippen LogP) is 1.08.